The number of fused-ring (bicyclic) bond motifs is 4. The van der Waals surface area contributed by atoms with Gasteiger partial charge in [-0.1, -0.05) is 12.1 Å². The van der Waals surface area contributed by atoms with Crippen molar-refractivity contribution in [1.29, 1.82) is 0 Å². The van der Waals surface area contributed by atoms with Crippen molar-refractivity contribution in [3.05, 3.63) is 60.0 Å². The Morgan fingerprint density at radius 3 is 3.00 bits per heavy atom. The first kappa shape index (κ1) is 18.8. The van der Waals surface area contributed by atoms with Gasteiger partial charge in [-0.05, 0) is 67.5 Å². The predicted molar refractivity (Wildman–Crippen MR) is 123 cm³/mol. The molecule has 2 atom stereocenters. The summed E-state index contributed by atoms with van der Waals surface area (Å²) in [4.78, 5) is 6.92. The number of halogens is 1. The second-order valence-electron chi connectivity index (χ2n) is 8.92. The zero-order valence-corrected chi connectivity index (χ0v) is 18.1. The van der Waals surface area contributed by atoms with Crippen LogP contribution in [0.5, 0.6) is 0 Å². The second-order valence-corrected chi connectivity index (χ2v) is 10.1. The number of aryl methyl sites for hydroxylation is 1. The number of hydrogen-bond acceptors (Lipinski definition) is 3. The molecule has 3 aromatic rings. The van der Waals surface area contributed by atoms with Crippen molar-refractivity contribution in [2.45, 2.75) is 42.7 Å². The average molecular weight is 422 g/mol. The van der Waals surface area contributed by atoms with Crippen molar-refractivity contribution >= 4 is 28.4 Å². The molecule has 1 fully saturated rings. The summed E-state index contributed by atoms with van der Waals surface area (Å²) in [5.74, 6) is 1.75. The Morgan fingerprint density at radius 1 is 1.07 bits per heavy atom. The van der Waals surface area contributed by atoms with Gasteiger partial charge in [0.15, 0.2) is 0 Å². The van der Waals surface area contributed by atoms with Crippen LogP contribution in [0.15, 0.2) is 53.6 Å². The van der Waals surface area contributed by atoms with Crippen molar-refractivity contribution in [2.75, 3.05) is 36.8 Å². The van der Waals surface area contributed by atoms with Crippen LogP contribution in [0.2, 0.25) is 0 Å². The molecule has 4 heterocycles. The van der Waals surface area contributed by atoms with E-state index in [1.54, 1.807) is 23.4 Å². The molecular weight excluding hydrogens is 393 g/mol. The first-order valence-electron chi connectivity index (χ1n) is 11.3. The Morgan fingerprint density at radius 2 is 2.03 bits per heavy atom. The normalized spacial score (nSPS) is 23.4. The Kier molecular flexibility index (Phi) is 4.76. The van der Waals surface area contributed by atoms with Gasteiger partial charge in [-0.15, -0.1) is 11.8 Å². The summed E-state index contributed by atoms with van der Waals surface area (Å²) in [6, 6.07) is 14.8. The monoisotopic (exact) mass is 421 g/mol. The van der Waals surface area contributed by atoms with Gasteiger partial charge < -0.3 is 14.4 Å². The van der Waals surface area contributed by atoms with E-state index in [0.717, 1.165) is 30.4 Å². The molecule has 0 unspecified atom stereocenters. The highest BCUT2D eigenvalue weighted by Crippen LogP contribution is 2.50. The van der Waals surface area contributed by atoms with Crippen LogP contribution >= 0.6 is 11.8 Å². The van der Waals surface area contributed by atoms with Crippen LogP contribution in [0.4, 0.5) is 10.1 Å². The molecule has 0 spiro atoms. The van der Waals surface area contributed by atoms with Gasteiger partial charge in [-0.3, -0.25) is 0 Å². The van der Waals surface area contributed by atoms with E-state index < -0.39 is 0 Å². The number of piperidine rings is 1. The topological polar surface area (TPSA) is 11.4 Å². The lowest BCUT2D eigenvalue weighted by atomic mass is 9.89. The molecule has 3 nitrogen and oxygen atoms in total. The standard InChI is InChI=1S/C25H28FN3S/c26-19-6-7-22-18(16-19)8-14-28(22)11-2-10-27-13-9-23-21(17-27)20-4-1-5-24-25(20)29(23)12-3-15-30-24/h1,4-8,14,16,21,23H,2-3,9-13,15,17H2/t21-,23-/m1/s1. The Labute approximate surface area is 181 Å². The van der Waals surface area contributed by atoms with Crippen molar-refractivity contribution in [1.82, 2.24) is 9.47 Å². The van der Waals surface area contributed by atoms with Gasteiger partial charge in [0.2, 0.25) is 0 Å². The SMILES string of the molecule is Fc1ccc2c(ccn2CCCN2CC[C@@H]3[C@H](C2)c2cccc4c2N3CCCS4)c1. The summed E-state index contributed by atoms with van der Waals surface area (Å²) in [6.07, 6.45) is 5.79. The van der Waals surface area contributed by atoms with E-state index in [-0.39, 0.29) is 5.82 Å². The fraction of sp³-hybridized carbons (Fsp3) is 0.440. The van der Waals surface area contributed by atoms with Crippen molar-refractivity contribution in [3.8, 4) is 0 Å². The van der Waals surface area contributed by atoms with Gasteiger partial charge in [0.1, 0.15) is 5.82 Å². The number of anilines is 1. The quantitative estimate of drug-likeness (QED) is 0.563. The van der Waals surface area contributed by atoms with E-state index >= 15 is 0 Å². The molecule has 0 saturated carbocycles. The number of benzene rings is 2. The molecule has 0 amide bonds. The number of hydrogen-bond donors (Lipinski definition) is 0. The molecule has 0 aliphatic carbocycles. The zero-order valence-electron chi connectivity index (χ0n) is 17.3. The summed E-state index contributed by atoms with van der Waals surface area (Å²) in [5, 5.41) is 0.994. The third kappa shape index (κ3) is 3.14. The number of para-hydroxylation sites is 1. The third-order valence-electron chi connectivity index (χ3n) is 7.19. The highest BCUT2D eigenvalue weighted by atomic mass is 32.2. The van der Waals surface area contributed by atoms with Crippen LogP contribution in [-0.2, 0) is 6.54 Å². The molecule has 30 heavy (non-hydrogen) atoms. The second kappa shape index (κ2) is 7.61. The van der Waals surface area contributed by atoms with Gasteiger partial charge in [0.25, 0.3) is 0 Å². The van der Waals surface area contributed by atoms with Crippen molar-refractivity contribution < 1.29 is 4.39 Å². The lowest BCUT2D eigenvalue weighted by molar-refractivity contribution is 0.189. The van der Waals surface area contributed by atoms with Gasteiger partial charge in [0.05, 0.1) is 5.69 Å². The molecule has 0 bridgehead atoms. The van der Waals surface area contributed by atoms with E-state index in [0.29, 0.717) is 12.0 Å². The summed E-state index contributed by atoms with van der Waals surface area (Å²) in [7, 11) is 0. The molecule has 2 aromatic carbocycles. The summed E-state index contributed by atoms with van der Waals surface area (Å²) < 4.78 is 15.7. The molecule has 0 N–H and O–H groups in total. The van der Waals surface area contributed by atoms with E-state index in [1.165, 1.54) is 43.1 Å². The molecule has 3 aliphatic heterocycles. The highest BCUT2D eigenvalue weighted by molar-refractivity contribution is 7.99. The summed E-state index contributed by atoms with van der Waals surface area (Å²) in [6.45, 7) is 5.72. The number of aromatic nitrogens is 1. The fourth-order valence-electron chi connectivity index (χ4n) is 5.84. The van der Waals surface area contributed by atoms with E-state index in [4.69, 9.17) is 0 Å². The number of thioether (sulfide) groups is 1. The average Bonchev–Trinajstić information content (AvgIpc) is 3.21. The lowest BCUT2D eigenvalue weighted by Crippen LogP contribution is -2.46. The van der Waals surface area contributed by atoms with Crippen LogP contribution in [-0.4, -0.2) is 47.4 Å². The maximum absolute atomic E-state index is 13.4. The van der Waals surface area contributed by atoms with Crippen LogP contribution in [0.3, 0.4) is 0 Å². The van der Waals surface area contributed by atoms with Crippen LogP contribution in [0.25, 0.3) is 10.9 Å². The fourth-order valence-corrected chi connectivity index (χ4v) is 6.88. The van der Waals surface area contributed by atoms with Crippen molar-refractivity contribution in [3.63, 3.8) is 0 Å². The van der Waals surface area contributed by atoms with E-state index in [1.807, 2.05) is 23.9 Å². The maximum Gasteiger partial charge on any atom is 0.123 e. The van der Waals surface area contributed by atoms with Crippen LogP contribution < -0.4 is 4.90 Å². The molecule has 5 heteroatoms. The maximum atomic E-state index is 13.4. The van der Waals surface area contributed by atoms with Crippen LogP contribution in [0, 0.1) is 5.82 Å². The molecule has 3 aliphatic rings. The molecule has 156 valence electrons. The van der Waals surface area contributed by atoms with E-state index in [9.17, 15) is 4.39 Å². The highest BCUT2D eigenvalue weighted by Gasteiger charge is 2.43. The van der Waals surface area contributed by atoms with Gasteiger partial charge in [-0.2, -0.15) is 0 Å². The smallest absolute Gasteiger partial charge is 0.123 e. The largest absolute Gasteiger partial charge is 0.367 e. The Bertz CT molecular complexity index is 1080. The minimum Gasteiger partial charge on any atom is -0.367 e. The van der Waals surface area contributed by atoms with Gasteiger partial charge in [-0.25, -0.2) is 4.39 Å². The molecule has 6 rings (SSSR count). The molecular formula is C25H28FN3S. The minimum absolute atomic E-state index is 0.157. The first-order chi connectivity index (χ1) is 14.8. The first-order valence-corrected chi connectivity index (χ1v) is 12.3. The van der Waals surface area contributed by atoms with Crippen LogP contribution in [0.1, 0.15) is 30.7 Å². The van der Waals surface area contributed by atoms with E-state index in [2.05, 4.69) is 38.8 Å². The third-order valence-corrected chi connectivity index (χ3v) is 8.32. The van der Waals surface area contributed by atoms with Crippen molar-refractivity contribution in [2.24, 2.45) is 0 Å². The Hall–Kier alpha value is -1.98. The minimum atomic E-state index is -0.157. The van der Waals surface area contributed by atoms with Gasteiger partial charge in [0, 0.05) is 60.1 Å². The molecule has 1 saturated heterocycles. The number of rotatable bonds is 4. The Balaban J connectivity index is 1.14. The number of likely N-dealkylation sites (tertiary alicyclic amines) is 1. The summed E-state index contributed by atoms with van der Waals surface area (Å²) >= 11 is 2.05. The molecule has 0 radical (unpaired) electrons. The summed E-state index contributed by atoms with van der Waals surface area (Å²) in [5.41, 5.74) is 4.29. The zero-order chi connectivity index (χ0) is 20.1. The van der Waals surface area contributed by atoms with Gasteiger partial charge >= 0.3 is 0 Å². The molecule has 1 aromatic heterocycles. The lowest BCUT2D eigenvalue weighted by Gasteiger charge is -2.39. The number of nitrogens with zero attached hydrogens (tertiary/aromatic N) is 3. The predicted octanol–water partition coefficient (Wildman–Crippen LogP) is 5.34.